The molecule has 0 spiro atoms. The van der Waals surface area contributed by atoms with Crippen LogP contribution >= 0.6 is 11.8 Å². The van der Waals surface area contributed by atoms with Gasteiger partial charge in [-0.2, -0.15) is 0 Å². The van der Waals surface area contributed by atoms with Crippen LogP contribution in [0.4, 0.5) is 5.69 Å². The largest absolute Gasteiger partial charge is 0.462 e. The zero-order valence-corrected chi connectivity index (χ0v) is 11.7. The molecule has 0 aliphatic carbocycles. The summed E-state index contributed by atoms with van der Waals surface area (Å²) in [4.78, 5) is 33.1. The third kappa shape index (κ3) is 4.63. The average molecular weight is 299 g/mol. The normalized spacial score (nSPS) is 11.7. The third-order valence-corrected chi connectivity index (χ3v) is 3.42. The highest BCUT2D eigenvalue weighted by Crippen LogP contribution is 2.17. The highest BCUT2D eigenvalue weighted by Gasteiger charge is 2.20. The molecule has 1 rings (SSSR count). The van der Waals surface area contributed by atoms with Gasteiger partial charge in [0.1, 0.15) is 0 Å². The number of quaternary nitrogens is 1. The predicted octanol–water partition coefficient (Wildman–Crippen LogP) is 0.642. The first kappa shape index (κ1) is 16.1. The summed E-state index contributed by atoms with van der Waals surface area (Å²) in [6.45, 7) is 1.96. The van der Waals surface area contributed by atoms with E-state index < -0.39 is 16.9 Å². The highest BCUT2D eigenvalue weighted by atomic mass is 32.2. The molecule has 0 fully saturated rings. The number of benzene rings is 1. The van der Waals surface area contributed by atoms with Crippen LogP contribution in [0.2, 0.25) is 0 Å². The van der Waals surface area contributed by atoms with Crippen LogP contribution in [0.15, 0.2) is 24.3 Å². The fourth-order valence-corrected chi connectivity index (χ4v) is 2.10. The van der Waals surface area contributed by atoms with Gasteiger partial charge in [-0.3, -0.25) is 14.9 Å². The van der Waals surface area contributed by atoms with Crippen LogP contribution in [0.3, 0.4) is 0 Å². The molecule has 0 aromatic heterocycles. The summed E-state index contributed by atoms with van der Waals surface area (Å²) in [5.41, 5.74) is 3.89. The number of carbonyl (C=O) groups excluding carboxylic acids is 2. The predicted molar refractivity (Wildman–Crippen MR) is 73.2 cm³/mol. The van der Waals surface area contributed by atoms with Crippen molar-refractivity contribution in [3.8, 4) is 0 Å². The maximum Gasteiger partial charge on any atom is 0.365 e. The number of rotatable bonds is 6. The Labute approximate surface area is 119 Å². The number of nitrogens with zero attached hydrogens (tertiary/aromatic N) is 1. The van der Waals surface area contributed by atoms with E-state index in [1.165, 1.54) is 24.3 Å². The molecule has 0 aliphatic heterocycles. The molecule has 108 valence electrons. The molecule has 20 heavy (non-hydrogen) atoms. The Hall–Kier alpha value is -1.93. The molecule has 0 saturated heterocycles. The maximum atomic E-state index is 11.8. The molecule has 8 heteroatoms. The van der Waals surface area contributed by atoms with E-state index in [1.807, 2.05) is 0 Å². The van der Waals surface area contributed by atoms with Crippen LogP contribution < -0.4 is 5.73 Å². The molecule has 0 radical (unpaired) electrons. The monoisotopic (exact) mass is 299 g/mol. The number of hydrogen-bond acceptors (Lipinski definition) is 6. The zero-order valence-electron chi connectivity index (χ0n) is 10.9. The number of thioether (sulfide) groups is 1. The molecule has 0 heterocycles. The second-order valence-electron chi connectivity index (χ2n) is 3.85. The molecule has 3 N–H and O–H groups in total. The van der Waals surface area contributed by atoms with Gasteiger partial charge in [-0.25, -0.2) is 4.79 Å². The van der Waals surface area contributed by atoms with E-state index in [9.17, 15) is 19.7 Å². The highest BCUT2D eigenvalue weighted by molar-refractivity contribution is 8.14. The van der Waals surface area contributed by atoms with Crippen LogP contribution in [0, 0.1) is 10.1 Å². The number of hydrogen-bond donors (Lipinski definition) is 1. The summed E-state index contributed by atoms with van der Waals surface area (Å²) < 4.78 is 4.78. The summed E-state index contributed by atoms with van der Waals surface area (Å²) in [6, 6.07) is 4.68. The van der Waals surface area contributed by atoms with Gasteiger partial charge in [0.15, 0.2) is 6.04 Å². The van der Waals surface area contributed by atoms with Gasteiger partial charge in [-0.15, -0.1) is 0 Å². The van der Waals surface area contributed by atoms with Crippen molar-refractivity contribution < 1.29 is 25.0 Å². The Balaban J connectivity index is 2.54. The van der Waals surface area contributed by atoms with Gasteiger partial charge in [0.25, 0.3) is 5.69 Å². The number of nitro benzene ring substituents is 1. The van der Waals surface area contributed by atoms with Gasteiger partial charge < -0.3 is 10.5 Å². The lowest BCUT2D eigenvalue weighted by Gasteiger charge is -2.06. The lowest BCUT2D eigenvalue weighted by Crippen LogP contribution is -2.66. The van der Waals surface area contributed by atoms with Crippen molar-refractivity contribution in [1.29, 1.82) is 0 Å². The number of esters is 1. The SMILES string of the molecule is CCOC(=O)[C@@H]([NH3+])CSC(=O)c1ccc([N+](=O)[O-])cc1. The Bertz CT molecular complexity index is 503. The summed E-state index contributed by atoms with van der Waals surface area (Å²) >= 11 is 0.934. The van der Waals surface area contributed by atoms with Gasteiger partial charge in [0.2, 0.25) is 5.12 Å². The van der Waals surface area contributed by atoms with Gasteiger partial charge >= 0.3 is 5.97 Å². The minimum atomic E-state index is -0.623. The van der Waals surface area contributed by atoms with Crippen molar-refractivity contribution in [2.45, 2.75) is 13.0 Å². The van der Waals surface area contributed by atoms with E-state index in [1.54, 1.807) is 6.92 Å². The fourth-order valence-electron chi connectivity index (χ4n) is 1.31. The summed E-state index contributed by atoms with van der Waals surface area (Å²) in [7, 11) is 0. The molecule has 0 unspecified atom stereocenters. The minimum absolute atomic E-state index is 0.0758. The summed E-state index contributed by atoms with van der Waals surface area (Å²) in [5.74, 6) is -0.245. The number of carbonyl (C=O) groups is 2. The second kappa shape index (κ2) is 7.61. The molecule has 0 amide bonds. The zero-order chi connectivity index (χ0) is 15.1. The fraction of sp³-hybridized carbons (Fsp3) is 0.333. The first-order chi connectivity index (χ1) is 9.45. The van der Waals surface area contributed by atoms with Crippen molar-refractivity contribution in [1.82, 2.24) is 0 Å². The Morgan fingerprint density at radius 1 is 1.40 bits per heavy atom. The van der Waals surface area contributed by atoms with Crippen molar-refractivity contribution in [2.24, 2.45) is 0 Å². The molecule has 0 saturated carbocycles. The maximum absolute atomic E-state index is 11.8. The van der Waals surface area contributed by atoms with Gasteiger partial charge in [0.05, 0.1) is 17.3 Å². The van der Waals surface area contributed by atoms with Crippen LogP contribution in [-0.2, 0) is 9.53 Å². The van der Waals surface area contributed by atoms with E-state index in [0.29, 0.717) is 5.56 Å². The van der Waals surface area contributed by atoms with Crippen molar-refractivity contribution in [3.63, 3.8) is 0 Å². The van der Waals surface area contributed by atoms with E-state index in [4.69, 9.17) is 4.74 Å². The first-order valence-electron chi connectivity index (χ1n) is 5.87. The van der Waals surface area contributed by atoms with Gasteiger partial charge in [-0.05, 0) is 19.1 Å². The van der Waals surface area contributed by atoms with Crippen LogP contribution in [0.5, 0.6) is 0 Å². The third-order valence-electron chi connectivity index (χ3n) is 2.35. The summed E-state index contributed by atoms with van der Waals surface area (Å²) in [5, 5.41) is 10.2. The molecular formula is C12H15N2O5S+. The van der Waals surface area contributed by atoms with E-state index in [2.05, 4.69) is 5.73 Å². The molecule has 1 aromatic rings. The molecule has 0 bridgehead atoms. The minimum Gasteiger partial charge on any atom is -0.462 e. The molecule has 1 aromatic carbocycles. The van der Waals surface area contributed by atoms with E-state index in [0.717, 1.165) is 11.8 Å². The van der Waals surface area contributed by atoms with Gasteiger partial charge in [-0.1, -0.05) is 11.8 Å². The molecule has 7 nitrogen and oxygen atoms in total. The average Bonchev–Trinajstić information content (AvgIpc) is 2.44. The Morgan fingerprint density at radius 3 is 2.50 bits per heavy atom. The number of non-ortho nitro benzene ring substituents is 1. The van der Waals surface area contributed by atoms with Crippen molar-refractivity contribution in [3.05, 3.63) is 39.9 Å². The van der Waals surface area contributed by atoms with Crippen LogP contribution in [-0.4, -0.2) is 34.4 Å². The number of ether oxygens (including phenoxy) is 1. The van der Waals surface area contributed by atoms with Crippen LogP contribution in [0.25, 0.3) is 0 Å². The first-order valence-corrected chi connectivity index (χ1v) is 6.85. The smallest absolute Gasteiger partial charge is 0.365 e. The van der Waals surface area contributed by atoms with E-state index in [-0.39, 0.29) is 23.2 Å². The van der Waals surface area contributed by atoms with Crippen LogP contribution in [0.1, 0.15) is 17.3 Å². The quantitative estimate of drug-likeness (QED) is 0.468. The lowest BCUT2D eigenvalue weighted by molar-refractivity contribution is -0.401. The Kier molecular flexibility index (Phi) is 6.13. The standard InChI is InChI=1S/C12H14N2O5S/c1-2-19-11(15)10(13)7-20-12(16)8-3-5-9(6-4-8)14(17)18/h3-6,10H,2,7,13H2,1H3/p+1/t10-/m0/s1. The lowest BCUT2D eigenvalue weighted by atomic mass is 10.2. The number of nitro groups is 1. The van der Waals surface area contributed by atoms with Crippen molar-refractivity contribution in [2.75, 3.05) is 12.4 Å². The molecule has 0 aliphatic rings. The Morgan fingerprint density at radius 2 is 2.00 bits per heavy atom. The molecular weight excluding hydrogens is 284 g/mol. The summed E-state index contributed by atoms with van der Waals surface area (Å²) in [6.07, 6.45) is 0. The van der Waals surface area contributed by atoms with Crippen molar-refractivity contribution >= 4 is 28.5 Å². The van der Waals surface area contributed by atoms with E-state index >= 15 is 0 Å². The van der Waals surface area contributed by atoms with Gasteiger partial charge in [0, 0.05) is 17.7 Å². The molecule has 1 atom stereocenters. The topological polar surface area (TPSA) is 114 Å². The second-order valence-corrected chi connectivity index (χ2v) is 4.84.